The molecule has 3 atom stereocenters. The van der Waals surface area contributed by atoms with Crippen LogP contribution in [-0.4, -0.2) is 35.9 Å². The topological polar surface area (TPSA) is 70.6 Å². The number of carbonyl (C=O) groups excluding carboxylic acids is 1. The summed E-state index contributed by atoms with van der Waals surface area (Å²) in [6.07, 6.45) is 0.265. The zero-order valence-corrected chi connectivity index (χ0v) is 17.8. The van der Waals surface area contributed by atoms with Crippen LogP contribution in [0.4, 0.5) is 24.5 Å². The number of aliphatic hydroxyl groups is 1. The Labute approximate surface area is 184 Å². The normalized spacial score (nSPS) is 30.2. The molecule has 1 amide bonds. The van der Waals surface area contributed by atoms with E-state index in [4.69, 9.17) is 4.74 Å². The third-order valence-electron chi connectivity index (χ3n) is 7.16. The van der Waals surface area contributed by atoms with Gasteiger partial charge in [-0.1, -0.05) is 31.6 Å². The molecule has 32 heavy (non-hydrogen) atoms. The molecule has 5 nitrogen and oxygen atoms in total. The zero-order valence-electron chi connectivity index (χ0n) is 17.8. The van der Waals surface area contributed by atoms with Crippen LogP contribution in [-0.2, 0) is 16.0 Å². The molecule has 2 aliphatic heterocycles. The van der Waals surface area contributed by atoms with Crippen molar-refractivity contribution in [2.75, 3.05) is 23.8 Å². The molecular formula is C24H25F3N2O3. The van der Waals surface area contributed by atoms with E-state index < -0.39 is 29.5 Å². The Morgan fingerprint density at radius 3 is 2.81 bits per heavy atom. The molecule has 2 aliphatic carbocycles. The standard InChI is InChI=1S/C24H25F3N2O3/c1-22(2)12-23(31,24(25,26)27)16(13-6-7-19-14(21(13)22)8-9-32-19)11-28-17-4-3-5-18-15(17)10-20(30)29-18/h3-8,16,21,28,31H,9-12H2,1-2H3,(H,29,30). The molecule has 8 heteroatoms. The number of nitrogens with one attached hydrogen (secondary N) is 2. The summed E-state index contributed by atoms with van der Waals surface area (Å²) >= 11 is 0. The van der Waals surface area contributed by atoms with E-state index in [0.717, 1.165) is 11.1 Å². The number of halogens is 3. The van der Waals surface area contributed by atoms with E-state index in [9.17, 15) is 23.1 Å². The predicted octanol–water partition coefficient (Wildman–Crippen LogP) is 4.33. The second kappa shape index (κ2) is 6.88. The maximum Gasteiger partial charge on any atom is 0.417 e. The third-order valence-corrected chi connectivity index (χ3v) is 7.16. The largest absolute Gasteiger partial charge is 0.489 e. The summed E-state index contributed by atoms with van der Waals surface area (Å²) in [4.78, 5) is 11.8. The van der Waals surface area contributed by atoms with Gasteiger partial charge in [0.2, 0.25) is 5.91 Å². The molecule has 1 fully saturated rings. The number of allylic oxidation sites excluding steroid dienone is 3. The van der Waals surface area contributed by atoms with Crippen molar-refractivity contribution in [3.05, 3.63) is 58.9 Å². The van der Waals surface area contributed by atoms with E-state index in [2.05, 4.69) is 10.6 Å². The minimum atomic E-state index is -4.80. The third kappa shape index (κ3) is 3.07. The molecule has 0 saturated heterocycles. The summed E-state index contributed by atoms with van der Waals surface area (Å²) in [5.41, 5.74) is -0.270. The van der Waals surface area contributed by atoms with Crippen molar-refractivity contribution >= 4 is 17.3 Å². The number of hydrogen-bond acceptors (Lipinski definition) is 4. The van der Waals surface area contributed by atoms with Gasteiger partial charge < -0.3 is 20.5 Å². The molecular weight excluding hydrogens is 421 g/mol. The Balaban J connectivity index is 1.54. The van der Waals surface area contributed by atoms with Gasteiger partial charge in [-0.3, -0.25) is 4.79 Å². The quantitative estimate of drug-likeness (QED) is 0.647. The number of carbonyl (C=O) groups is 1. The number of amides is 1. The van der Waals surface area contributed by atoms with Crippen molar-refractivity contribution in [1.82, 2.24) is 0 Å². The Morgan fingerprint density at radius 1 is 1.28 bits per heavy atom. The predicted molar refractivity (Wildman–Crippen MR) is 114 cm³/mol. The Morgan fingerprint density at radius 2 is 2.06 bits per heavy atom. The highest BCUT2D eigenvalue weighted by atomic mass is 19.4. The van der Waals surface area contributed by atoms with Crippen molar-refractivity contribution in [1.29, 1.82) is 0 Å². The number of benzene rings is 1. The highest BCUT2D eigenvalue weighted by Crippen LogP contribution is 2.60. The Hall–Kier alpha value is -2.74. The number of anilines is 2. The first-order valence-electron chi connectivity index (χ1n) is 10.7. The zero-order chi connectivity index (χ0) is 22.9. The molecule has 0 spiro atoms. The van der Waals surface area contributed by atoms with Crippen LogP contribution in [0.5, 0.6) is 0 Å². The summed E-state index contributed by atoms with van der Waals surface area (Å²) in [6, 6.07) is 5.25. The van der Waals surface area contributed by atoms with Gasteiger partial charge in [-0.2, -0.15) is 13.2 Å². The van der Waals surface area contributed by atoms with E-state index in [-0.39, 0.29) is 24.8 Å². The number of hydrogen-bond donors (Lipinski definition) is 3. The van der Waals surface area contributed by atoms with Crippen LogP contribution < -0.4 is 10.6 Å². The second-order valence-electron chi connectivity index (χ2n) is 9.68. The minimum Gasteiger partial charge on any atom is -0.489 e. The molecule has 3 N–H and O–H groups in total. The van der Waals surface area contributed by atoms with Gasteiger partial charge in [-0.05, 0) is 36.1 Å². The lowest BCUT2D eigenvalue weighted by Gasteiger charge is -2.54. The minimum absolute atomic E-state index is 0.115. The molecule has 4 aliphatic rings. The molecule has 0 bridgehead atoms. The van der Waals surface area contributed by atoms with Crippen molar-refractivity contribution in [2.24, 2.45) is 17.3 Å². The number of ether oxygens (including phenoxy) is 1. The van der Waals surface area contributed by atoms with Gasteiger partial charge in [0.25, 0.3) is 0 Å². The van der Waals surface area contributed by atoms with E-state index in [0.29, 0.717) is 29.3 Å². The summed E-state index contributed by atoms with van der Waals surface area (Å²) in [6.45, 7) is 3.83. The second-order valence-corrected chi connectivity index (χ2v) is 9.68. The molecule has 2 heterocycles. The molecule has 0 aromatic heterocycles. The first kappa shape index (κ1) is 21.1. The molecule has 5 rings (SSSR count). The molecule has 1 aromatic carbocycles. The summed E-state index contributed by atoms with van der Waals surface area (Å²) in [7, 11) is 0. The van der Waals surface area contributed by atoms with Crippen LogP contribution in [0.1, 0.15) is 25.8 Å². The van der Waals surface area contributed by atoms with E-state index in [1.54, 1.807) is 44.2 Å². The molecule has 170 valence electrons. The summed E-state index contributed by atoms with van der Waals surface area (Å²) in [5.74, 6) is -0.923. The Kier molecular flexibility index (Phi) is 4.54. The lowest BCUT2D eigenvalue weighted by atomic mass is 9.53. The molecule has 3 unspecified atom stereocenters. The lowest BCUT2D eigenvalue weighted by Crippen LogP contribution is -2.61. The average Bonchev–Trinajstić information content (AvgIpc) is 3.31. The smallest absolute Gasteiger partial charge is 0.417 e. The van der Waals surface area contributed by atoms with Gasteiger partial charge in [-0.25, -0.2) is 0 Å². The molecule has 1 saturated carbocycles. The van der Waals surface area contributed by atoms with Crippen molar-refractivity contribution in [2.45, 2.75) is 38.5 Å². The maximum atomic E-state index is 14.3. The number of fused-ring (bicyclic) bond motifs is 4. The molecule has 1 aromatic rings. The van der Waals surface area contributed by atoms with E-state index >= 15 is 0 Å². The van der Waals surface area contributed by atoms with Crippen LogP contribution in [0.3, 0.4) is 0 Å². The first-order chi connectivity index (χ1) is 15.0. The monoisotopic (exact) mass is 446 g/mol. The maximum absolute atomic E-state index is 14.3. The van der Waals surface area contributed by atoms with Gasteiger partial charge in [-0.15, -0.1) is 0 Å². The highest BCUT2D eigenvalue weighted by molar-refractivity contribution is 6.01. The van der Waals surface area contributed by atoms with Crippen LogP contribution in [0.15, 0.2) is 53.3 Å². The highest BCUT2D eigenvalue weighted by Gasteiger charge is 2.66. The number of rotatable bonds is 3. The van der Waals surface area contributed by atoms with Crippen molar-refractivity contribution in [3.63, 3.8) is 0 Å². The molecule has 0 radical (unpaired) electrons. The SMILES string of the molecule is CC1(C)CC(O)(C(F)(F)F)C(CNc2cccc3c2CC(=O)N3)C2=CC=C3OCC=C3C21. The van der Waals surface area contributed by atoms with E-state index in [1.165, 1.54) is 0 Å². The van der Waals surface area contributed by atoms with Gasteiger partial charge in [0.15, 0.2) is 5.60 Å². The average molecular weight is 446 g/mol. The summed E-state index contributed by atoms with van der Waals surface area (Å²) in [5, 5.41) is 17.0. The van der Waals surface area contributed by atoms with Gasteiger partial charge >= 0.3 is 6.18 Å². The lowest BCUT2D eigenvalue weighted by molar-refractivity contribution is -0.292. The van der Waals surface area contributed by atoms with Crippen LogP contribution in [0.2, 0.25) is 0 Å². The van der Waals surface area contributed by atoms with Crippen LogP contribution in [0, 0.1) is 17.3 Å². The fourth-order valence-corrected chi connectivity index (χ4v) is 5.85. The summed E-state index contributed by atoms with van der Waals surface area (Å²) < 4.78 is 48.6. The van der Waals surface area contributed by atoms with E-state index in [1.807, 2.05) is 6.08 Å². The number of alkyl halides is 3. The van der Waals surface area contributed by atoms with Crippen LogP contribution in [0.25, 0.3) is 0 Å². The van der Waals surface area contributed by atoms with Gasteiger partial charge in [0.1, 0.15) is 12.4 Å². The Bertz CT molecular complexity index is 1090. The van der Waals surface area contributed by atoms with Gasteiger partial charge in [0.05, 0.1) is 6.42 Å². The fraction of sp³-hybridized carbons (Fsp3) is 0.458. The van der Waals surface area contributed by atoms with Crippen molar-refractivity contribution in [3.8, 4) is 0 Å². The van der Waals surface area contributed by atoms with Crippen molar-refractivity contribution < 1.29 is 27.8 Å². The van der Waals surface area contributed by atoms with Crippen LogP contribution >= 0.6 is 0 Å². The fourth-order valence-electron chi connectivity index (χ4n) is 5.85. The first-order valence-corrected chi connectivity index (χ1v) is 10.7. The van der Waals surface area contributed by atoms with Gasteiger partial charge in [0, 0.05) is 40.9 Å².